The molecule has 1 saturated carbocycles. The summed E-state index contributed by atoms with van der Waals surface area (Å²) in [5, 5.41) is 7.86. The lowest BCUT2D eigenvalue weighted by atomic mass is 9.91. The summed E-state index contributed by atoms with van der Waals surface area (Å²) < 4.78 is 1.85. The Bertz CT molecular complexity index is 331. The number of rotatable bonds is 2. The molecular weight excluding hydrogens is 188 g/mol. The summed E-state index contributed by atoms with van der Waals surface area (Å²) in [6.45, 7) is 2.03. The van der Waals surface area contributed by atoms with Crippen LogP contribution in [0.25, 0.3) is 0 Å². The normalized spacial score (nSPS) is 26.6. The Hall–Kier alpha value is -1.03. The zero-order valence-electron chi connectivity index (χ0n) is 9.53. The summed E-state index contributed by atoms with van der Waals surface area (Å²) >= 11 is 0. The third kappa shape index (κ3) is 2.50. The van der Waals surface area contributed by atoms with Crippen molar-refractivity contribution in [2.24, 2.45) is 12.8 Å². The number of aryl methyl sites for hydroxylation is 2. The van der Waals surface area contributed by atoms with Crippen molar-refractivity contribution < 1.29 is 0 Å². The van der Waals surface area contributed by atoms with Crippen molar-refractivity contribution in [1.82, 2.24) is 9.78 Å². The molecule has 4 nitrogen and oxygen atoms in total. The van der Waals surface area contributed by atoms with Crippen molar-refractivity contribution in [2.75, 3.05) is 5.32 Å². The Kier molecular flexibility index (Phi) is 2.95. The van der Waals surface area contributed by atoms with Gasteiger partial charge < -0.3 is 11.1 Å². The van der Waals surface area contributed by atoms with Crippen molar-refractivity contribution in [3.8, 4) is 0 Å². The van der Waals surface area contributed by atoms with E-state index in [0.29, 0.717) is 12.1 Å². The fourth-order valence-corrected chi connectivity index (χ4v) is 2.32. The van der Waals surface area contributed by atoms with Crippen molar-refractivity contribution >= 4 is 5.69 Å². The van der Waals surface area contributed by atoms with E-state index in [0.717, 1.165) is 17.8 Å². The van der Waals surface area contributed by atoms with E-state index in [4.69, 9.17) is 5.73 Å². The molecule has 1 aromatic heterocycles. The molecule has 1 fully saturated rings. The highest BCUT2D eigenvalue weighted by molar-refractivity contribution is 5.46. The van der Waals surface area contributed by atoms with E-state index < -0.39 is 0 Å². The quantitative estimate of drug-likeness (QED) is 0.772. The first-order valence-corrected chi connectivity index (χ1v) is 5.67. The van der Waals surface area contributed by atoms with E-state index in [9.17, 15) is 0 Å². The molecule has 0 radical (unpaired) electrons. The Morgan fingerprint density at radius 3 is 2.93 bits per heavy atom. The number of aromatic nitrogens is 2. The maximum atomic E-state index is 5.96. The van der Waals surface area contributed by atoms with Gasteiger partial charge in [0.15, 0.2) is 0 Å². The first kappa shape index (κ1) is 10.5. The summed E-state index contributed by atoms with van der Waals surface area (Å²) in [5.41, 5.74) is 8.18. The van der Waals surface area contributed by atoms with E-state index >= 15 is 0 Å². The molecule has 2 atom stereocenters. The highest BCUT2D eigenvalue weighted by Crippen LogP contribution is 2.22. The molecule has 0 aliphatic heterocycles. The minimum atomic E-state index is 0.369. The van der Waals surface area contributed by atoms with Crippen LogP contribution in [0.4, 0.5) is 5.69 Å². The fourth-order valence-electron chi connectivity index (χ4n) is 2.32. The minimum absolute atomic E-state index is 0.369. The topological polar surface area (TPSA) is 55.9 Å². The fraction of sp³-hybridized carbons (Fsp3) is 0.727. The lowest BCUT2D eigenvalue weighted by Crippen LogP contribution is -2.34. The van der Waals surface area contributed by atoms with Gasteiger partial charge in [0, 0.05) is 25.3 Å². The lowest BCUT2D eigenvalue weighted by molar-refractivity contribution is 0.409. The van der Waals surface area contributed by atoms with E-state index in [2.05, 4.69) is 10.4 Å². The molecule has 1 aliphatic rings. The summed E-state index contributed by atoms with van der Waals surface area (Å²) in [7, 11) is 1.95. The molecule has 2 rings (SSSR count). The van der Waals surface area contributed by atoms with Crippen LogP contribution in [0.1, 0.15) is 31.4 Å². The second-order valence-corrected chi connectivity index (χ2v) is 4.57. The van der Waals surface area contributed by atoms with Gasteiger partial charge in [0.25, 0.3) is 0 Å². The average Bonchev–Trinajstić information content (AvgIpc) is 2.45. The molecule has 1 aliphatic carbocycles. The molecular formula is C11H20N4. The molecule has 0 bridgehead atoms. The van der Waals surface area contributed by atoms with Crippen LogP contribution in [0.2, 0.25) is 0 Å². The standard InChI is InChI=1S/C11H20N4/c1-8-11(7-15(2)14-8)13-10-5-3-4-9(12)6-10/h7,9-10,13H,3-6,12H2,1-2H3. The van der Waals surface area contributed by atoms with E-state index in [1.165, 1.54) is 19.3 Å². The Balaban J connectivity index is 1.99. The van der Waals surface area contributed by atoms with Gasteiger partial charge in [0.05, 0.1) is 11.4 Å². The predicted octanol–water partition coefficient (Wildman–Crippen LogP) is 1.41. The molecule has 0 saturated heterocycles. The zero-order chi connectivity index (χ0) is 10.8. The number of nitrogens with one attached hydrogen (secondary N) is 1. The van der Waals surface area contributed by atoms with Crippen LogP contribution in [0.15, 0.2) is 6.20 Å². The van der Waals surface area contributed by atoms with Crippen molar-refractivity contribution in [2.45, 2.75) is 44.7 Å². The highest BCUT2D eigenvalue weighted by Gasteiger charge is 2.19. The van der Waals surface area contributed by atoms with Gasteiger partial charge in [0.2, 0.25) is 0 Å². The molecule has 0 spiro atoms. The second kappa shape index (κ2) is 4.23. The summed E-state index contributed by atoms with van der Waals surface area (Å²) in [6.07, 6.45) is 6.74. The van der Waals surface area contributed by atoms with Crippen LogP contribution < -0.4 is 11.1 Å². The second-order valence-electron chi connectivity index (χ2n) is 4.57. The number of nitrogens with two attached hydrogens (primary N) is 1. The molecule has 2 unspecified atom stereocenters. The first-order chi connectivity index (χ1) is 7.15. The van der Waals surface area contributed by atoms with Crippen LogP contribution in [-0.2, 0) is 7.05 Å². The summed E-state index contributed by atoms with van der Waals surface area (Å²) in [4.78, 5) is 0. The molecule has 84 valence electrons. The van der Waals surface area contributed by atoms with Crippen molar-refractivity contribution in [3.05, 3.63) is 11.9 Å². The zero-order valence-corrected chi connectivity index (χ0v) is 9.53. The van der Waals surface area contributed by atoms with Crippen LogP contribution in [-0.4, -0.2) is 21.9 Å². The number of hydrogen-bond donors (Lipinski definition) is 2. The SMILES string of the molecule is Cc1nn(C)cc1NC1CCCC(N)C1. The third-order valence-corrected chi connectivity index (χ3v) is 3.09. The Labute approximate surface area is 90.8 Å². The highest BCUT2D eigenvalue weighted by atomic mass is 15.3. The van der Waals surface area contributed by atoms with Crippen LogP contribution >= 0.6 is 0 Å². The van der Waals surface area contributed by atoms with E-state index in [1.807, 2.05) is 24.9 Å². The number of hydrogen-bond acceptors (Lipinski definition) is 3. The average molecular weight is 208 g/mol. The van der Waals surface area contributed by atoms with Crippen molar-refractivity contribution in [3.63, 3.8) is 0 Å². The van der Waals surface area contributed by atoms with Crippen LogP contribution in [0.5, 0.6) is 0 Å². The van der Waals surface area contributed by atoms with Crippen LogP contribution in [0, 0.1) is 6.92 Å². The Morgan fingerprint density at radius 2 is 2.33 bits per heavy atom. The molecule has 1 aromatic rings. The molecule has 1 heterocycles. The number of nitrogens with zero attached hydrogens (tertiary/aromatic N) is 2. The van der Waals surface area contributed by atoms with E-state index in [-0.39, 0.29) is 0 Å². The molecule has 3 N–H and O–H groups in total. The largest absolute Gasteiger partial charge is 0.379 e. The number of anilines is 1. The van der Waals surface area contributed by atoms with Gasteiger partial charge in [-0.25, -0.2) is 0 Å². The lowest BCUT2D eigenvalue weighted by Gasteiger charge is -2.27. The smallest absolute Gasteiger partial charge is 0.0825 e. The molecule has 0 aromatic carbocycles. The summed E-state index contributed by atoms with van der Waals surface area (Å²) in [6, 6.07) is 0.893. The van der Waals surface area contributed by atoms with Crippen LogP contribution in [0.3, 0.4) is 0 Å². The third-order valence-electron chi connectivity index (χ3n) is 3.09. The van der Waals surface area contributed by atoms with Gasteiger partial charge in [-0.15, -0.1) is 0 Å². The van der Waals surface area contributed by atoms with Crippen molar-refractivity contribution in [1.29, 1.82) is 0 Å². The van der Waals surface area contributed by atoms with Gasteiger partial charge >= 0.3 is 0 Å². The van der Waals surface area contributed by atoms with Gasteiger partial charge in [0.1, 0.15) is 0 Å². The molecule has 0 amide bonds. The van der Waals surface area contributed by atoms with Gasteiger partial charge in [-0.05, 0) is 32.6 Å². The maximum Gasteiger partial charge on any atom is 0.0825 e. The Morgan fingerprint density at radius 1 is 1.53 bits per heavy atom. The monoisotopic (exact) mass is 208 g/mol. The van der Waals surface area contributed by atoms with E-state index in [1.54, 1.807) is 0 Å². The molecule has 4 heteroatoms. The summed E-state index contributed by atoms with van der Waals surface area (Å²) in [5.74, 6) is 0. The minimum Gasteiger partial charge on any atom is -0.379 e. The molecule has 15 heavy (non-hydrogen) atoms. The van der Waals surface area contributed by atoms with Gasteiger partial charge in [-0.3, -0.25) is 4.68 Å². The first-order valence-electron chi connectivity index (χ1n) is 5.67. The van der Waals surface area contributed by atoms with Gasteiger partial charge in [-0.2, -0.15) is 5.10 Å². The predicted molar refractivity (Wildman–Crippen MR) is 61.8 cm³/mol. The maximum absolute atomic E-state index is 5.96. The van der Waals surface area contributed by atoms with Gasteiger partial charge in [-0.1, -0.05) is 0 Å².